The lowest BCUT2D eigenvalue weighted by Gasteiger charge is -2.17. The fraction of sp³-hybridized carbons (Fsp3) is 0.533. The summed E-state index contributed by atoms with van der Waals surface area (Å²) in [5.74, 6) is 0.182. The molecule has 4 N–H and O–H groups in total. The van der Waals surface area contributed by atoms with E-state index in [1.54, 1.807) is 12.1 Å². The average Bonchev–Trinajstić information content (AvgIpc) is 2.34. The highest BCUT2D eigenvalue weighted by Crippen LogP contribution is 2.22. The zero-order valence-corrected chi connectivity index (χ0v) is 12.7. The van der Waals surface area contributed by atoms with Crippen LogP contribution in [-0.2, 0) is 0 Å². The third-order valence-corrected chi connectivity index (χ3v) is 3.01. The van der Waals surface area contributed by atoms with Crippen molar-refractivity contribution in [3.8, 4) is 0 Å². The largest absolute Gasteiger partial charge is 0.397 e. The molecule has 1 atom stereocenters. The number of benzene rings is 1. The van der Waals surface area contributed by atoms with Gasteiger partial charge in [0.15, 0.2) is 0 Å². The van der Waals surface area contributed by atoms with Crippen LogP contribution in [0.3, 0.4) is 0 Å². The van der Waals surface area contributed by atoms with Crippen LogP contribution in [0.5, 0.6) is 0 Å². The number of anilines is 2. The maximum absolute atomic E-state index is 12.0. The zero-order valence-electron chi connectivity index (χ0n) is 12.7. The summed E-state index contributed by atoms with van der Waals surface area (Å²) in [6, 6.07) is 5.20. The van der Waals surface area contributed by atoms with Gasteiger partial charge >= 0.3 is 0 Å². The van der Waals surface area contributed by atoms with Gasteiger partial charge in [0.1, 0.15) is 0 Å². The molecule has 0 aliphatic heterocycles. The number of hydrogen-bond acceptors (Lipinski definition) is 4. The predicted octanol–water partition coefficient (Wildman–Crippen LogP) is 1.47. The van der Waals surface area contributed by atoms with E-state index in [9.17, 15) is 9.90 Å². The van der Waals surface area contributed by atoms with E-state index in [4.69, 9.17) is 5.73 Å². The summed E-state index contributed by atoms with van der Waals surface area (Å²) in [6.07, 6.45) is 0.152. The highest BCUT2D eigenvalue weighted by atomic mass is 16.3. The minimum absolute atomic E-state index is 0.218. The van der Waals surface area contributed by atoms with Gasteiger partial charge in [-0.25, -0.2) is 0 Å². The van der Waals surface area contributed by atoms with Crippen molar-refractivity contribution in [2.75, 3.05) is 31.3 Å². The molecule has 0 saturated carbocycles. The van der Waals surface area contributed by atoms with Gasteiger partial charge in [0.2, 0.25) is 0 Å². The van der Waals surface area contributed by atoms with Gasteiger partial charge in [-0.1, -0.05) is 13.8 Å². The number of nitrogens with one attached hydrogen (secondary N) is 1. The van der Waals surface area contributed by atoms with Crippen LogP contribution in [0.25, 0.3) is 0 Å². The molecule has 1 aromatic carbocycles. The average molecular weight is 279 g/mol. The molecule has 0 radical (unpaired) electrons. The second kappa shape index (κ2) is 7.14. The van der Waals surface area contributed by atoms with Gasteiger partial charge in [0.05, 0.1) is 17.5 Å². The standard InChI is InChI=1S/C15H25N3O2/c1-10(2)7-12(19)9-17-15(20)11-5-6-14(18(3)4)13(16)8-11/h5-6,8,10,12,19H,7,9,16H2,1-4H3,(H,17,20). The van der Waals surface area contributed by atoms with Crippen LogP contribution in [0.2, 0.25) is 0 Å². The summed E-state index contributed by atoms with van der Waals surface area (Å²) in [4.78, 5) is 13.9. The maximum atomic E-state index is 12.0. The topological polar surface area (TPSA) is 78.6 Å². The Morgan fingerprint density at radius 1 is 1.40 bits per heavy atom. The number of rotatable bonds is 6. The highest BCUT2D eigenvalue weighted by molar-refractivity contribution is 5.96. The van der Waals surface area contributed by atoms with Gasteiger partial charge in [-0.05, 0) is 30.5 Å². The summed E-state index contributed by atoms with van der Waals surface area (Å²) < 4.78 is 0. The van der Waals surface area contributed by atoms with E-state index in [2.05, 4.69) is 5.32 Å². The number of carbonyl (C=O) groups excluding carboxylic acids is 1. The predicted molar refractivity (Wildman–Crippen MR) is 83.0 cm³/mol. The summed E-state index contributed by atoms with van der Waals surface area (Å²) >= 11 is 0. The minimum atomic E-state index is -0.516. The fourth-order valence-corrected chi connectivity index (χ4v) is 2.04. The van der Waals surface area contributed by atoms with Crippen molar-refractivity contribution in [3.63, 3.8) is 0 Å². The molecule has 1 rings (SSSR count). The van der Waals surface area contributed by atoms with Crippen molar-refractivity contribution in [2.45, 2.75) is 26.4 Å². The fourth-order valence-electron chi connectivity index (χ4n) is 2.04. The van der Waals surface area contributed by atoms with Crippen molar-refractivity contribution >= 4 is 17.3 Å². The van der Waals surface area contributed by atoms with Crippen LogP contribution < -0.4 is 16.0 Å². The van der Waals surface area contributed by atoms with E-state index < -0.39 is 6.10 Å². The highest BCUT2D eigenvalue weighted by Gasteiger charge is 2.12. The maximum Gasteiger partial charge on any atom is 0.251 e. The molecule has 0 saturated heterocycles. The summed E-state index contributed by atoms with van der Waals surface area (Å²) in [7, 11) is 3.79. The van der Waals surface area contributed by atoms with Crippen molar-refractivity contribution in [3.05, 3.63) is 23.8 Å². The quantitative estimate of drug-likeness (QED) is 0.689. The molecule has 112 valence electrons. The first-order valence-corrected chi connectivity index (χ1v) is 6.84. The van der Waals surface area contributed by atoms with Crippen LogP contribution in [0.4, 0.5) is 11.4 Å². The monoisotopic (exact) mass is 279 g/mol. The third-order valence-electron chi connectivity index (χ3n) is 3.01. The van der Waals surface area contributed by atoms with Gasteiger partial charge in [-0.2, -0.15) is 0 Å². The third kappa shape index (κ3) is 4.74. The number of amides is 1. The Kier molecular flexibility index (Phi) is 5.82. The van der Waals surface area contributed by atoms with E-state index >= 15 is 0 Å². The molecule has 1 amide bonds. The lowest BCUT2D eigenvalue weighted by molar-refractivity contribution is 0.0900. The van der Waals surface area contributed by atoms with Gasteiger partial charge in [-0.15, -0.1) is 0 Å². The summed E-state index contributed by atoms with van der Waals surface area (Å²) in [5.41, 5.74) is 7.85. The van der Waals surface area contributed by atoms with Crippen molar-refractivity contribution in [1.82, 2.24) is 5.32 Å². The number of hydrogen-bond donors (Lipinski definition) is 3. The lowest BCUT2D eigenvalue weighted by atomic mass is 10.1. The molecule has 0 spiro atoms. The number of nitrogens with two attached hydrogens (primary N) is 1. The number of nitrogens with zero attached hydrogens (tertiary/aromatic N) is 1. The Morgan fingerprint density at radius 3 is 2.55 bits per heavy atom. The molecule has 5 heteroatoms. The van der Waals surface area contributed by atoms with Crippen LogP contribution in [0.15, 0.2) is 18.2 Å². The molecule has 1 aromatic rings. The number of nitrogen functional groups attached to an aromatic ring is 1. The summed E-state index contributed by atoms with van der Waals surface area (Å²) in [6.45, 7) is 4.32. The number of carbonyl (C=O) groups is 1. The van der Waals surface area contributed by atoms with Gasteiger partial charge in [-0.3, -0.25) is 4.79 Å². The van der Waals surface area contributed by atoms with Gasteiger partial charge in [0.25, 0.3) is 5.91 Å². The molecule has 0 aliphatic rings. The molecular weight excluding hydrogens is 254 g/mol. The van der Waals surface area contributed by atoms with Crippen molar-refractivity contribution in [2.24, 2.45) is 5.92 Å². The second-order valence-electron chi connectivity index (χ2n) is 5.66. The smallest absolute Gasteiger partial charge is 0.251 e. The van der Waals surface area contributed by atoms with Crippen molar-refractivity contribution < 1.29 is 9.90 Å². The first kappa shape index (κ1) is 16.3. The molecular formula is C15H25N3O2. The SMILES string of the molecule is CC(C)CC(O)CNC(=O)c1ccc(N(C)C)c(N)c1. The Balaban J connectivity index is 2.62. The van der Waals surface area contributed by atoms with Gasteiger partial charge in [0, 0.05) is 26.2 Å². The molecule has 0 fully saturated rings. The van der Waals surface area contributed by atoms with E-state index in [-0.39, 0.29) is 12.5 Å². The van der Waals surface area contributed by atoms with Crippen molar-refractivity contribution in [1.29, 1.82) is 0 Å². The lowest BCUT2D eigenvalue weighted by Crippen LogP contribution is -2.32. The Bertz CT molecular complexity index is 458. The molecule has 0 aromatic heterocycles. The summed E-state index contributed by atoms with van der Waals surface area (Å²) in [5, 5.41) is 12.5. The Hall–Kier alpha value is -1.75. The molecule has 5 nitrogen and oxygen atoms in total. The normalized spacial score (nSPS) is 12.3. The number of aliphatic hydroxyl groups excluding tert-OH is 1. The van der Waals surface area contributed by atoms with Crippen LogP contribution in [-0.4, -0.2) is 37.8 Å². The molecule has 1 unspecified atom stereocenters. The Morgan fingerprint density at radius 2 is 2.05 bits per heavy atom. The van der Waals surface area contributed by atoms with Gasteiger partial charge < -0.3 is 21.1 Å². The first-order valence-electron chi connectivity index (χ1n) is 6.84. The van der Waals surface area contributed by atoms with Crippen LogP contribution in [0, 0.1) is 5.92 Å². The first-order chi connectivity index (χ1) is 9.31. The van der Waals surface area contributed by atoms with E-state index in [1.165, 1.54) is 0 Å². The molecule has 0 bridgehead atoms. The number of aliphatic hydroxyl groups is 1. The van der Waals surface area contributed by atoms with E-state index in [0.29, 0.717) is 23.6 Å². The molecule has 20 heavy (non-hydrogen) atoms. The molecule has 0 aliphatic carbocycles. The zero-order chi connectivity index (χ0) is 15.3. The minimum Gasteiger partial charge on any atom is -0.397 e. The van der Waals surface area contributed by atoms with Crippen LogP contribution >= 0.6 is 0 Å². The van der Waals surface area contributed by atoms with E-state index in [0.717, 1.165) is 5.69 Å². The molecule has 0 heterocycles. The van der Waals surface area contributed by atoms with Crippen LogP contribution in [0.1, 0.15) is 30.6 Å². The van der Waals surface area contributed by atoms with E-state index in [1.807, 2.05) is 38.9 Å². The second-order valence-corrected chi connectivity index (χ2v) is 5.66. The Labute approximate surface area is 120 Å².